The lowest BCUT2D eigenvalue weighted by molar-refractivity contribution is 0.275. The maximum Gasteiger partial charge on any atom is 0.121 e. The Balaban J connectivity index is 2.92. The van der Waals surface area contributed by atoms with Crippen molar-refractivity contribution >= 4 is 0 Å². The third-order valence-corrected chi connectivity index (χ3v) is 1.65. The van der Waals surface area contributed by atoms with Crippen LogP contribution in [0.3, 0.4) is 0 Å². The molecule has 0 heterocycles. The fourth-order valence-electron chi connectivity index (χ4n) is 0.976. The summed E-state index contributed by atoms with van der Waals surface area (Å²) in [6.45, 7) is -0.223. The largest absolute Gasteiger partial charge is 0.508 e. The second-order valence-corrected chi connectivity index (χ2v) is 2.64. The molecule has 0 amide bonds. The highest BCUT2D eigenvalue weighted by molar-refractivity contribution is 5.43. The minimum atomic E-state index is -0.223. The molecule has 0 aromatic heterocycles. The third-order valence-electron chi connectivity index (χ3n) is 1.65. The highest BCUT2D eigenvalue weighted by atomic mass is 16.3. The zero-order valence-corrected chi connectivity index (χ0v) is 7.49. The van der Waals surface area contributed by atoms with E-state index in [0.717, 1.165) is 0 Å². The van der Waals surface area contributed by atoms with Crippen LogP contribution >= 0.6 is 0 Å². The third kappa shape index (κ3) is 2.52. The van der Waals surface area contributed by atoms with Crippen LogP contribution in [0.4, 0.5) is 0 Å². The Hall–Kier alpha value is -1.97. The summed E-state index contributed by atoms with van der Waals surface area (Å²) in [6, 6.07) is 6.61. The standard InChI is InChI=1S/C11H9NO2/c12-6-2-1-3-9-4-5-11(14)10(7-9)8-13/h4-5,7,13-14H,2,8H2. The number of hydrogen-bond donors (Lipinski definition) is 2. The van der Waals surface area contributed by atoms with Gasteiger partial charge in [-0.05, 0) is 18.2 Å². The smallest absolute Gasteiger partial charge is 0.121 e. The van der Waals surface area contributed by atoms with Gasteiger partial charge in [0.05, 0.1) is 19.1 Å². The second-order valence-electron chi connectivity index (χ2n) is 2.64. The predicted octanol–water partition coefficient (Wildman–Crippen LogP) is 1.15. The van der Waals surface area contributed by atoms with Gasteiger partial charge in [-0.15, -0.1) is 0 Å². The first-order valence-electron chi connectivity index (χ1n) is 4.06. The van der Waals surface area contributed by atoms with E-state index in [4.69, 9.17) is 10.4 Å². The van der Waals surface area contributed by atoms with Crippen LogP contribution in [-0.2, 0) is 6.61 Å². The topological polar surface area (TPSA) is 64.2 Å². The molecule has 0 saturated heterocycles. The summed E-state index contributed by atoms with van der Waals surface area (Å²) < 4.78 is 0. The average molecular weight is 187 g/mol. The van der Waals surface area contributed by atoms with Crippen molar-refractivity contribution in [3.63, 3.8) is 0 Å². The Bertz CT molecular complexity index is 421. The Morgan fingerprint density at radius 3 is 2.79 bits per heavy atom. The maximum atomic E-state index is 9.25. The Morgan fingerprint density at radius 1 is 1.36 bits per heavy atom. The predicted molar refractivity (Wildman–Crippen MR) is 51.1 cm³/mol. The van der Waals surface area contributed by atoms with Crippen LogP contribution in [0.2, 0.25) is 0 Å². The van der Waals surface area contributed by atoms with Crippen LogP contribution in [-0.4, -0.2) is 10.2 Å². The van der Waals surface area contributed by atoms with E-state index in [1.807, 2.05) is 6.07 Å². The summed E-state index contributed by atoms with van der Waals surface area (Å²) >= 11 is 0. The molecule has 2 N–H and O–H groups in total. The van der Waals surface area contributed by atoms with E-state index in [2.05, 4.69) is 11.8 Å². The van der Waals surface area contributed by atoms with Crippen LogP contribution in [0.1, 0.15) is 17.5 Å². The van der Waals surface area contributed by atoms with Crippen LogP contribution in [0.25, 0.3) is 0 Å². The maximum absolute atomic E-state index is 9.25. The number of hydrogen-bond acceptors (Lipinski definition) is 3. The summed E-state index contributed by atoms with van der Waals surface area (Å²) in [6.07, 6.45) is 0.176. The van der Waals surface area contributed by atoms with E-state index in [-0.39, 0.29) is 18.8 Å². The van der Waals surface area contributed by atoms with Crippen molar-refractivity contribution in [3.05, 3.63) is 29.3 Å². The van der Waals surface area contributed by atoms with Gasteiger partial charge in [0, 0.05) is 11.1 Å². The van der Waals surface area contributed by atoms with E-state index in [1.165, 1.54) is 6.07 Å². The van der Waals surface area contributed by atoms with Gasteiger partial charge in [-0.1, -0.05) is 11.8 Å². The molecular weight excluding hydrogens is 178 g/mol. The Morgan fingerprint density at radius 2 is 2.14 bits per heavy atom. The van der Waals surface area contributed by atoms with E-state index in [0.29, 0.717) is 11.1 Å². The molecule has 1 aromatic carbocycles. The lowest BCUT2D eigenvalue weighted by Crippen LogP contribution is -1.85. The SMILES string of the molecule is N#CCC#Cc1ccc(O)c(CO)c1. The van der Waals surface area contributed by atoms with Gasteiger partial charge in [0.1, 0.15) is 5.75 Å². The molecule has 3 nitrogen and oxygen atoms in total. The molecule has 0 spiro atoms. The number of aliphatic hydroxyl groups is 1. The average Bonchev–Trinajstić information content (AvgIpc) is 2.21. The molecule has 3 heteroatoms. The minimum Gasteiger partial charge on any atom is -0.508 e. The highest BCUT2D eigenvalue weighted by Crippen LogP contribution is 2.17. The number of phenols is 1. The molecule has 0 aliphatic carbocycles. The normalized spacial score (nSPS) is 8.57. The lowest BCUT2D eigenvalue weighted by atomic mass is 10.1. The molecule has 0 atom stereocenters. The zero-order valence-electron chi connectivity index (χ0n) is 7.49. The monoisotopic (exact) mass is 187 g/mol. The first kappa shape index (κ1) is 10.1. The molecule has 0 bridgehead atoms. The van der Waals surface area contributed by atoms with Gasteiger partial charge >= 0.3 is 0 Å². The quantitative estimate of drug-likeness (QED) is 0.648. The van der Waals surface area contributed by atoms with Crippen LogP contribution in [0, 0.1) is 23.2 Å². The molecule has 14 heavy (non-hydrogen) atoms. The summed E-state index contributed by atoms with van der Waals surface area (Å²) in [5, 5.41) is 26.4. The van der Waals surface area contributed by atoms with Crippen LogP contribution in [0.15, 0.2) is 18.2 Å². The molecule has 0 unspecified atom stereocenters. The Kier molecular flexibility index (Phi) is 3.55. The number of nitrogens with zero attached hydrogens (tertiary/aromatic N) is 1. The van der Waals surface area contributed by atoms with E-state index >= 15 is 0 Å². The van der Waals surface area contributed by atoms with E-state index < -0.39 is 0 Å². The molecule has 0 radical (unpaired) electrons. The number of aromatic hydroxyl groups is 1. The molecule has 1 aromatic rings. The summed E-state index contributed by atoms with van der Waals surface area (Å²) in [5.74, 6) is 5.45. The van der Waals surface area contributed by atoms with Crippen molar-refractivity contribution in [1.29, 1.82) is 5.26 Å². The van der Waals surface area contributed by atoms with Crippen molar-refractivity contribution in [1.82, 2.24) is 0 Å². The van der Waals surface area contributed by atoms with Gasteiger partial charge in [-0.25, -0.2) is 0 Å². The molecule has 0 aliphatic heterocycles. The van der Waals surface area contributed by atoms with Gasteiger partial charge in [0.15, 0.2) is 0 Å². The summed E-state index contributed by atoms with van der Waals surface area (Å²) in [4.78, 5) is 0. The molecular formula is C11H9NO2. The summed E-state index contributed by atoms with van der Waals surface area (Å²) in [5.41, 5.74) is 1.12. The number of rotatable bonds is 1. The van der Waals surface area contributed by atoms with Crippen molar-refractivity contribution < 1.29 is 10.2 Å². The number of benzene rings is 1. The van der Waals surface area contributed by atoms with Gasteiger partial charge in [0.2, 0.25) is 0 Å². The van der Waals surface area contributed by atoms with Crippen molar-refractivity contribution in [3.8, 4) is 23.7 Å². The fraction of sp³-hybridized carbons (Fsp3) is 0.182. The molecule has 0 saturated carbocycles. The number of nitriles is 1. The molecule has 0 aliphatic rings. The Labute approximate surface area is 82.2 Å². The van der Waals surface area contributed by atoms with Crippen molar-refractivity contribution in [2.45, 2.75) is 13.0 Å². The van der Waals surface area contributed by atoms with Crippen LogP contribution < -0.4 is 0 Å². The first-order valence-corrected chi connectivity index (χ1v) is 4.06. The minimum absolute atomic E-state index is 0.0540. The second kappa shape index (κ2) is 4.91. The van der Waals surface area contributed by atoms with E-state index in [1.54, 1.807) is 12.1 Å². The van der Waals surface area contributed by atoms with Gasteiger partial charge in [-0.3, -0.25) is 0 Å². The van der Waals surface area contributed by atoms with E-state index in [9.17, 15) is 5.11 Å². The van der Waals surface area contributed by atoms with Gasteiger partial charge in [0.25, 0.3) is 0 Å². The van der Waals surface area contributed by atoms with Crippen LogP contribution in [0.5, 0.6) is 5.75 Å². The zero-order chi connectivity index (χ0) is 10.4. The highest BCUT2D eigenvalue weighted by Gasteiger charge is 1.99. The molecule has 70 valence electrons. The molecule has 0 fully saturated rings. The van der Waals surface area contributed by atoms with Gasteiger partial charge in [-0.2, -0.15) is 5.26 Å². The number of aliphatic hydroxyl groups excluding tert-OH is 1. The lowest BCUT2D eigenvalue weighted by Gasteiger charge is -2.00. The van der Waals surface area contributed by atoms with Gasteiger partial charge < -0.3 is 10.2 Å². The fourth-order valence-corrected chi connectivity index (χ4v) is 0.976. The summed E-state index contributed by atoms with van der Waals surface area (Å²) in [7, 11) is 0. The first-order chi connectivity index (χ1) is 6.77. The van der Waals surface area contributed by atoms with Crippen molar-refractivity contribution in [2.75, 3.05) is 0 Å². The molecule has 1 rings (SSSR count). The van der Waals surface area contributed by atoms with Crippen molar-refractivity contribution in [2.24, 2.45) is 0 Å².